The Bertz CT molecular complexity index is 1330. The highest BCUT2D eigenvalue weighted by Gasteiger charge is 2.26. The molecule has 0 saturated heterocycles. The van der Waals surface area contributed by atoms with Gasteiger partial charge >= 0.3 is 0 Å². The van der Waals surface area contributed by atoms with Crippen molar-refractivity contribution in [2.45, 2.75) is 58.1 Å². The average molecular weight is 456 g/mol. The van der Waals surface area contributed by atoms with E-state index in [0.717, 1.165) is 59.0 Å². The maximum atomic E-state index is 13.3. The van der Waals surface area contributed by atoms with Crippen LogP contribution in [0.5, 0.6) is 0 Å². The molecule has 0 radical (unpaired) electrons. The third kappa shape index (κ3) is 4.46. The number of aliphatic hydroxyl groups is 1. The first-order valence-electron chi connectivity index (χ1n) is 11.9. The molecule has 2 atom stereocenters. The first kappa shape index (κ1) is 22.3. The van der Waals surface area contributed by atoms with Crippen LogP contribution in [0.1, 0.15) is 58.6 Å². The van der Waals surface area contributed by atoms with Gasteiger partial charge in [0.25, 0.3) is 5.91 Å². The Hall–Kier alpha value is -3.51. The van der Waals surface area contributed by atoms with Crippen molar-refractivity contribution in [1.29, 1.82) is 0 Å². The van der Waals surface area contributed by atoms with Crippen molar-refractivity contribution in [1.82, 2.24) is 15.3 Å². The quantitative estimate of drug-likeness (QED) is 0.436. The van der Waals surface area contributed by atoms with Crippen LogP contribution < -0.4 is 5.32 Å². The van der Waals surface area contributed by atoms with Gasteiger partial charge in [0, 0.05) is 24.1 Å². The standard InChI is InChI=1S/C28H29N3O3/c1-17-21(14-19-9-11-20(12-10-19)25-16-34-18(2)30-25)15-23(27-22(17)6-5-13-29-27)28(33)31-24-7-3-4-8-26(24)32/h5-6,9-13,15-16,24,26,32H,3-4,7-8,14H2,1-2H3,(H,31,33)/t24-,26-/m0/s1. The number of aryl methyl sites for hydroxylation is 2. The van der Waals surface area contributed by atoms with Crippen LogP contribution in [0.2, 0.25) is 0 Å². The lowest BCUT2D eigenvalue weighted by molar-refractivity contribution is 0.0718. The van der Waals surface area contributed by atoms with Crippen molar-refractivity contribution in [3.63, 3.8) is 0 Å². The van der Waals surface area contributed by atoms with Crippen LogP contribution in [-0.2, 0) is 6.42 Å². The molecule has 0 bridgehead atoms. The van der Waals surface area contributed by atoms with Crippen molar-refractivity contribution in [2.75, 3.05) is 0 Å². The second-order valence-corrected chi connectivity index (χ2v) is 9.17. The van der Waals surface area contributed by atoms with Gasteiger partial charge in [-0.1, -0.05) is 43.2 Å². The molecule has 6 nitrogen and oxygen atoms in total. The number of hydrogen-bond acceptors (Lipinski definition) is 5. The van der Waals surface area contributed by atoms with Crippen LogP contribution in [0.3, 0.4) is 0 Å². The maximum absolute atomic E-state index is 13.3. The lowest BCUT2D eigenvalue weighted by Gasteiger charge is -2.28. The van der Waals surface area contributed by atoms with Gasteiger partial charge in [-0.2, -0.15) is 0 Å². The fourth-order valence-corrected chi connectivity index (χ4v) is 4.84. The van der Waals surface area contributed by atoms with E-state index in [0.29, 0.717) is 23.4 Å². The Morgan fingerprint density at radius 2 is 1.94 bits per heavy atom. The Labute approximate surface area is 199 Å². The zero-order valence-corrected chi connectivity index (χ0v) is 19.5. The predicted octanol–water partition coefficient (Wildman–Crippen LogP) is 5.13. The summed E-state index contributed by atoms with van der Waals surface area (Å²) < 4.78 is 5.33. The summed E-state index contributed by atoms with van der Waals surface area (Å²) in [5.74, 6) is 0.471. The van der Waals surface area contributed by atoms with Gasteiger partial charge < -0.3 is 14.8 Å². The molecule has 0 spiro atoms. The Morgan fingerprint density at radius 3 is 2.68 bits per heavy atom. The summed E-state index contributed by atoms with van der Waals surface area (Å²) in [5.41, 5.74) is 6.43. The number of nitrogens with one attached hydrogen (secondary N) is 1. The highest BCUT2D eigenvalue weighted by Crippen LogP contribution is 2.28. The number of aromatic nitrogens is 2. The molecule has 5 rings (SSSR count). The Morgan fingerprint density at radius 1 is 1.15 bits per heavy atom. The first-order valence-corrected chi connectivity index (χ1v) is 11.9. The third-order valence-electron chi connectivity index (χ3n) is 6.82. The normalized spacial score (nSPS) is 18.2. The molecule has 174 valence electrons. The molecule has 2 aromatic carbocycles. The summed E-state index contributed by atoms with van der Waals surface area (Å²) >= 11 is 0. The summed E-state index contributed by atoms with van der Waals surface area (Å²) in [5, 5.41) is 14.4. The number of pyridine rings is 1. The molecule has 1 aliphatic carbocycles. The van der Waals surface area contributed by atoms with Crippen molar-refractivity contribution < 1.29 is 14.3 Å². The monoisotopic (exact) mass is 455 g/mol. The van der Waals surface area contributed by atoms with Gasteiger partial charge in [-0.25, -0.2) is 4.98 Å². The van der Waals surface area contributed by atoms with Crippen LogP contribution in [0.15, 0.2) is 59.3 Å². The molecular weight excluding hydrogens is 426 g/mol. The van der Waals surface area contributed by atoms with E-state index in [-0.39, 0.29) is 11.9 Å². The zero-order valence-electron chi connectivity index (χ0n) is 19.5. The highest BCUT2D eigenvalue weighted by molar-refractivity contribution is 6.06. The van der Waals surface area contributed by atoms with E-state index in [1.165, 1.54) is 0 Å². The van der Waals surface area contributed by atoms with Gasteiger partial charge in [0.15, 0.2) is 5.89 Å². The molecule has 0 aliphatic heterocycles. The molecule has 2 N–H and O–H groups in total. The second kappa shape index (κ2) is 9.39. The summed E-state index contributed by atoms with van der Waals surface area (Å²) in [4.78, 5) is 22.2. The van der Waals surface area contributed by atoms with Crippen LogP contribution in [-0.4, -0.2) is 33.1 Å². The van der Waals surface area contributed by atoms with E-state index in [2.05, 4.69) is 34.3 Å². The number of carbonyl (C=O) groups excluding carboxylic acids is 1. The van der Waals surface area contributed by atoms with E-state index < -0.39 is 6.10 Å². The van der Waals surface area contributed by atoms with E-state index in [1.54, 1.807) is 12.5 Å². The molecule has 2 heterocycles. The largest absolute Gasteiger partial charge is 0.449 e. The molecule has 1 aliphatic rings. The number of hydrogen-bond donors (Lipinski definition) is 2. The minimum Gasteiger partial charge on any atom is -0.449 e. The smallest absolute Gasteiger partial charge is 0.253 e. The van der Waals surface area contributed by atoms with E-state index >= 15 is 0 Å². The van der Waals surface area contributed by atoms with Crippen LogP contribution in [0, 0.1) is 13.8 Å². The van der Waals surface area contributed by atoms with E-state index in [9.17, 15) is 9.90 Å². The van der Waals surface area contributed by atoms with Crippen LogP contribution in [0.4, 0.5) is 0 Å². The summed E-state index contributed by atoms with van der Waals surface area (Å²) in [6.07, 6.45) is 7.14. The summed E-state index contributed by atoms with van der Waals surface area (Å²) in [6.45, 7) is 3.91. The van der Waals surface area contributed by atoms with Gasteiger partial charge in [0.05, 0.1) is 23.2 Å². The predicted molar refractivity (Wildman–Crippen MR) is 132 cm³/mol. The number of carbonyl (C=O) groups is 1. The van der Waals surface area contributed by atoms with Crippen molar-refractivity contribution in [2.24, 2.45) is 0 Å². The molecule has 1 saturated carbocycles. The molecule has 2 aromatic heterocycles. The molecule has 1 amide bonds. The fourth-order valence-electron chi connectivity index (χ4n) is 4.84. The molecule has 0 unspecified atom stereocenters. The average Bonchev–Trinajstić information content (AvgIpc) is 3.29. The highest BCUT2D eigenvalue weighted by atomic mass is 16.3. The molecule has 34 heavy (non-hydrogen) atoms. The topological polar surface area (TPSA) is 88.2 Å². The number of nitrogens with zero attached hydrogens (tertiary/aromatic N) is 2. The Balaban J connectivity index is 1.45. The van der Waals surface area contributed by atoms with Gasteiger partial charge in [-0.3, -0.25) is 9.78 Å². The lowest BCUT2D eigenvalue weighted by Crippen LogP contribution is -2.45. The van der Waals surface area contributed by atoms with E-state index in [1.807, 2.05) is 37.3 Å². The van der Waals surface area contributed by atoms with Crippen molar-refractivity contribution in [3.05, 3.63) is 83.1 Å². The number of rotatable bonds is 5. The van der Waals surface area contributed by atoms with Crippen molar-refractivity contribution >= 4 is 16.8 Å². The molecule has 1 fully saturated rings. The minimum absolute atomic E-state index is 0.173. The second-order valence-electron chi connectivity index (χ2n) is 9.17. The zero-order chi connectivity index (χ0) is 23.7. The lowest BCUT2D eigenvalue weighted by atomic mass is 9.91. The fraction of sp³-hybridized carbons (Fsp3) is 0.321. The number of benzene rings is 2. The summed E-state index contributed by atoms with van der Waals surface area (Å²) in [6, 6.07) is 13.9. The van der Waals surface area contributed by atoms with Crippen LogP contribution in [0.25, 0.3) is 22.2 Å². The van der Waals surface area contributed by atoms with Gasteiger partial charge in [0.2, 0.25) is 0 Å². The molecule has 6 heteroatoms. The third-order valence-corrected chi connectivity index (χ3v) is 6.82. The van der Waals surface area contributed by atoms with Crippen LogP contribution >= 0.6 is 0 Å². The summed E-state index contributed by atoms with van der Waals surface area (Å²) in [7, 11) is 0. The maximum Gasteiger partial charge on any atom is 0.253 e. The number of fused-ring (bicyclic) bond motifs is 1. The number of oxazole rings is 1. The number of amides is 1. The van der Waals surface area contributed by atoms with Gasteiger partial charge in [0.1, 0.15) is 12.0 Å². The Kier molecular flexibility index (Phi) is 6.16. The van der Waals surface area contributed by atoms with E-state index in [4.69, 9.17) is 4.42 Å². The van der Waals surface area contributed by atoms with Gasteiger partial charge in [-0.05, 0) is 55.0 Å². The van der Waals surface area contributed by atoms with Crippen molar-refractivity contribution in [3.8, 4) is 11.3 Å². The first-order chi connectivity index (χ1) is 16.5. The minimum atomic E-state index is -0.492. The van der Waals surface area contributed by atoms with Gasteiger partial charge in [-0.15, -0.1) is 0 Å². The number of aliphatic hydroxyl groups excluding tert-OH is 1. The molecule has 4 aromatic rings. The molecular formula is C28H29N3O3. The SMILES string of the molecule is Cc1nc(-c2ccc(Cc3cc(C(=O)N[C@H]4CCCC[C@@H]4O)c4ncccc4c3C)cc2)co1.